The highest BCUT2D eigenvalue weighted by Crippen LogP contribution is 2.32. The molecule has 2 rings (SSSR count). The highest BCUT2D eigenvalue weighted by molar-refractivity contribution is 7.88. The van der Waals surface area contributed by atoms with Crippen molar-refractivity contribution in [3.8, 4) is 11.8 Å². The number of alkyl halides is 3. The number of hydrogen-bond acceptors (Lipinski definition) is 6. The monoisotopic (exact) mass is 406 g/mol. The minimum absolute atomic E-state index is 0.0133. The van der Waals surface area contributed by atoms with Crippen LogP contribution >= 0.6 is 0 Å². The molecule has 1 aromatic carbocycles. The van der Waals surface area contributed by atoms with Crippen molar-refractivity contribution in [3.05, 3.63) is 28.8 Å². The van der Waals surface area contributed by atoms with Gasteiger partial charge in [-0.1, -0.05) is 0 Å². The van der Waals surface area contributed by atoms with Crippen LogP contribution in [0.3, 0.4) is 0 Å². The largest absolute Gasteiger partial charge is 0.534 e. The SMILES string of the molecule is CC(C)(C)OC(=O)N1CCc2cc(OS(=O)(=O)C(F)(F)F)cc(C#N)c2C1. The van der Waals surface area contributed by atoms with E-state index >= 15 is 0 Å². The van der Waals surface area contributed by atoms with Crippen LogP contribution in [0.5, 0.6) is 5.75 Å². The molecule has 1 aliphatic rings. The van der Waals surface area contributed by atoms with Gasteiger partial charge in [-0.15, -0.1) is 0 Å². The summed E-state index contributed by atoms with van der Waals surface area (Å²) in [5.41, 5.74) is -5.52. The second-order valence-electron chi connectivity index (χ2n) is 6.86. The molecule has 1 aromatic rings. The number of rotatable bonds is 2. The molecule has 0 aromatic heterocycles. The number of nitrogens with zero attached hydrogens (tertiary/aromatic N) is 2. The zero-order valence-corrected chi connectivity index (χ0v) is 15.6. The molecule has 0 bridgehead atoms. The summed E-state index contributed by atoms with van der Waals surface area (Å²) >= 11 is 0. The number of hydrogen-bond donors (Lipinski definition) is 0. The minimum Gasteiger partial charge on any atom is -0.444 e. The molecule has 0 N–H and O–H groups in total. The molecule has 0 saturated carbocycles. The molecular weight excluding hydrogens is 389 g/mol. The third-order valence-electron chi connectivity index (χ3n) is 3.58. The zero-order chi connectivity index (χ0) is 20.6. The average Bonchev–Trinajstić information content (AvgIpc) is 2.50. The van der Waals surface area contributed by atoms with Gasteiger partial charge in [0.15, 0.2) is 0 Å². The van der Waals surface area contributed by atoms with Gasteiger partial charge in [-0.2, -0.15) is 26.9 Å². The van der Waals surface area contributed by atoms with Crippen LogP contribution in [0.15, 0.2) is 12.1 Å². The Morgan fingerprint density at radius 1 is 1.26 bits per heavy atom. The predicted octanol–water partition coefficient (Wildman–Crippen LogP) is 3.08. The summed E-state index contributed by atoms with van der Waals surface area (Å²) in [6.45, 7) is 5.32. The zero-order valence-electron chi connectivity index (χ0n) is 14.8. The summed E-state index contributed by atoms with van der Waals surface area (Å²) in [5.74, 6) is -0.603. The van der Waals surface area contributed by atoms with Crippen molar-refractivity contribution in [3.63, 3.8) is 0 Å². The molecule has 1 amide bonds. The van der Waals surface area contributed by atoms with Crippen LogP contribution in [0.25, 0.3) is 0 Å². The molecular formula is C16H17F3N2O5S. The number of nitriles is 1. The Balaban J connectivity index is 2.31. The van der Waals surface area contributed by atoms with Crippen LogP contribution in [0.1, 0.15) is 37.5 Å². The van der Waals surface area contributed by atoms with E-state index in [4.69, 9.17) is 4.74 Å². The Morgan fingerprint density at radius 3 is 2.41 bits per heavy atom. The van der Waals surface area contributed by atoms with Gasteiger partial charge in [0, 0.05) is 12.6 Å². The first-order valence-electron chi connectivity index (χ1n) is 7.78. The molecule has 11 heteroatoms. The number of carbonyl (C=O) groups is 1. The van der Waals surface area contributed by atoms with Gasteiger partial charge in [-0.05, 0) is 44.4 Å². The topological polar surface area (TPSA) is 96.7 Å². The van der Waals surface area contributed by atoms with Crippen LogP contribution in [-0.2, 0) is 27.8 Å². The highest BCUT2D eigenvalue weighted by Gasteiger charge is 2.48. The molecule has 0 spiro atoms. The van der Waals surface area contributed by atoms with Crippen molar-refractivity contribution in [2.45, 2.75) is 44.8 Å². The fourth-order valence-corrected chi connectivity index (χ4v) is 2.89. The van der Waals surface area contributed by atoms with Gasteiger partial charge >= 0.3 is 21.7 Å². The number of amides is 1. The van der Waals surface area contributed by atoms with Crippen LogP contribution in [-0.4, -0.2) is 37.1 Å². The first-order valence-corrected chi connectivity index (χ1v) is 9.19. The standard InChI is InChI=1S/C16H17F3N2O5S/c1-15(2,3)25-14(22)21-5-4-10-6-12(7-11(8-20)13(10)9-21)26-27(23,24)16(17,18)19/h6-7H,4-5,9H2,1-3H3. The van der Waals surface area contributed by atoms with Gasteiger partial charge in [0.05, 0.1) is 18.2 Å². The molecule has 148 valence electrons. The van der Waals surface area contributed by atoms with Crippen LogP contribution in [0, 0.1) is 11.3 Å². The van der Waals surface area contributed by atoms with E-state index in [1.165, 1.54) is 4.90 Å². The lowest BCUT2D eigenvalue weighted by Crippen LogP contribution is -2.40. The number of fused-ring (bicyclic) bond motifs is 1. The maximum absolute atomic E-state index is 12.5. The number of benzene rings is 1. The summed E-state index contributed by atoms with van der Waals surface area (Å²) in [5, 5.41) is 9.28. The molecule has 0 aliphatic carbocycles. The molecule has 27 heavy (non-hydrogen) atoms. The number of halogens is 3. The van der Waals surface area contributed by atoms with E-state index in [1.807, 2.05) is 0 Å². The Labute approximate surface area is 154 Å². The van der Waals surface area contributed by atoms with Crippen LogP contribution < -0.4 is 4.18 Å². The average molecular weight is 406 g/mol. The van der Waals surface area contributed by atoms with Gasteiger partial charge < -0.3 is 13.8 Å². The number of ether oxygens (including phenoxy) is 1. The summed E-state index contributed by atoms with van der Waals surface area (Å²) in [4.78, 5) is 13.5. The van der Waals surface area contributed by atoms with E-state index in [0.29, 0.717) is 11.1 Å². The van der Waals surface area contributed by atoms with E-state index in [0.717, 1.165) is 12.1 Å². The smallest absolute Gasteiger partial charge is 0.444 e. The maximum Gasteiger partial charge on any atom is 0.534 e. The van der Waals surface area contributed by atoms with Gasteiger partial charge in [-0.25, -0.2) is 4.79 Å². The lowest BCUT2D eigenvalue weighted by atomic mass is 9.95. The van der Waals surface area contributed by atoms with E-state index in [1.54, 1.807) is 26.8 Å². The fraction of sp³-hybridized carbons (Fsp3) is 0.500. The second kappa shape index (κ2) is 6.92. The third-order valence-corrected chi connectivity index (χ3v) is 4.56. The van der Waals surface area contributed by atoms with Crippen molar-refractivity contribution >= 4 is 16.2 Å². The molecule has 1 heterocycles. The maximum atomic E-state index is 12.5. The molecule has 0 atom stereocenters. The summed E-state index contributed by atoms with van der Waals surface area (Å²) in [7, 11) is -5.84. The van der Waals surface area contributed by atoms with Crippen LogP contribution in [0.2, 0.25) is 0 Å². The predicted molar refractivity (Wildman–Crippen MR) is 87.1 cm³/mol. The highest BCUT2D eigenvalue weighted by atomic mass is 32.2. The Hall–Kier alpha value is -2.48. The first-order chi connectivity index (χ1) is 12.2. The van der Waals surface area contributed by atoms with Crippen molar-refractivity contribution in [1.82, 2.24) is 4.90 Å². The summed E-state index contributed by atoms with van der Waals surface area (Å²) in [6.07, 6.45) is -0.385. The van der Waals surface area contributed by atoms with Gasteiger partial charge in [0.2, 0.25) is 0 Å². The van der Waals surface area contributed by atoms with E-state index in [2.05, 4.69) is 4.18 Å². The summed E-state index contributed by atoms with van der Waals surface area (Å²) in [6, 6.07) is 3.83. The molecule has 1 aliphatic heterocycles. The van der Waals surface area contributed by atoms with Crippen LogP contribution in [0.4, 0.5) is 18.0 Å². The van der Waals surface area contributed by atoms with Gasteiger partial charge in [-0.3, -0.25) is 0 Å². The van der Waals surface area contributed by atoms with Gasteiger partial charge in [0.25, 0.3) is 0 Å². The van der Waals surface area contributed by atoms with E-state index < -0.39 is 33.1 Å². The molecule has 0 unspecified atom stereocenters. The third kappa shape index (κ3) is 4.82. The molecule has 7 nitrogen and oxygen atoms in total. The Kier molecular flexibility index (Phi) is 5.34. The van der Waals surface area contributed by atoms with Crippen molar-refractivity contribution in [1.29, 1.82) is 5.26 Å². The Bertz CT molecular complexity index is 898. The van der Waals surface area contributed by atoms with Crippen molar-refractivity contribution < 1.29 is 35.3 Å². The summed E-state index contributed by atoms with van der Waals surface area (Å²) < 4.78 is 69.1. The first kappa shape index (κ1) is 20.8. The lowest BCUT2D eigenvalue weighted by molar-refractivity contribution is -0.0500. The van der Waals surface area contributed by atoms with E-state index in [9.17, 15) is 31.6 Å². The minimum atomic E-state index is -5.84. The fourth-order valence-electron chi connectivity index (χ4n) is 2.44. The Morgan fingerprint density at radius 2 is 1.89 bits per heavy atom. The van der Waals surface area contributed by atoms with E-state index in [-0.39, 0.29) is 25.1 Å². The normalized spacial score (nSPS) is 14.9. The van der Waals surface area contributed by atoms with Crippen molar-refractivity contribution in [2.24, 2.45) is 0 Å². The van der Waals surface area contributed by atoms with Gasteiger partial charge in [0.1, 0.15) is 11.4 Å². The second-order valence-corrected chi connectivity index (χ2v) is 8.39. The molecule has 0 fully saturated rings. The quantitative estimate of drug-likeness (QED) is 0.553. The number of carbonyl (C=O) groups excluding carboxylic acids is 1. The molecule has 0 saturated heterocycles. The molecule has 0 radical (unpaired) electrons. The lowest BCUT2D eigenvalue weighted by Gasteiger charge is -2.31. The van der Waals surface area contributed by atoms with Crippen molar-refractivity contribution in [2.75, 3.05) is 6.54 Å².